The quantitative estimate of drug-likeness (QED) is 0.0519. The van der Waals surface area contributed by atoms with E-state index in [0.29, 0.717) is 59.3 Å². The predicted octanol–water partition coefficient (Wildman–Crippen LogP) is 6.59. The van der Waals surface area contributed by atoms with Crippen LogP contribution in [-0.4, -0.2) is 78.0 Å². The van der Waals surface area contributed by atoms with Crippen molar-refractivity contribution in [2.45, 2.75) is 110 Å². The Hall–Kier alpha value is -1.48. The second-order valence-electron chi connectivity index (χ2n) is 9.74. The zero-order valence-electron chi connectivity index (χ0n) is 24.9. The summed E-state index contributed by atoms with van der Waals surface area (Å²) in [5, 5.41) is 0. The van der Waals surface area contributed by atoms with Crippen LogP contribution in [0.3, 0.4) is 0 Å². The Bertz CT molecular complexity index is 541. The molecule has 0 aliphatic carbocycles. The van der Waals surface area contributed by atoms with Gasteiger partial charge in [-0.25, -0.2) is 4.79 Å². The third kappa shape index (κ3) is 32.6. The normalized spacial score (nSPS) is 11.0. The largest absolute Gasteiger partial charge is 0.463 e. The lowest BCUT2D eigenvalue weighted by Crippen LogP contribution is -2.15. The smallest absolute Gasteiger partial charge is 0.330 e. The molecule has 0 atom stereocenters. The maximum Gasteiger partial charge on any atom is 0.330 e. The van der Waals surface area contributed by atoms with Gasteiger partial charge in [-0.1, -0.05) is 103 Å². The molecule has 0 rings (SSSR count). The maximum absolute atomic E-state index is 11.8. The average molecular weight is 559 g/mol. The van der Waals surface area contributed by atoms with E-state index in [9.17, 15) is 9.59 Å². The van der Waals surface area contributed by atoms with Crippen LogP contribution in [-0.2, 0) is 38.0 Å². The van der Waals surface area contributed by atoms with Crippen LogP contribution in [0.15, 0.2) is 12.7 Å². The number of hydrogen-bond acceptors (Lipinski definition) is 8. The summed E-state index contributed by atoms with van der Waals surface area (Å²) in [6.45, 7) is 9.48. The number of carbonyl (C=O) groups is 2. The zero-order valence-corrected chi connectivity index (χ0v) is 24.9. The van der Waals surface area contributed by atoms with Crippen molar-refractivity contribution >= 4 is 11.9 Å². The van der Waals surface area contributed by atoms with Gasteiger partial charge in [0, 0.05) is 12.5 Å². The Morgan fingerprint density at radius 3 is 1.21 bits per heavy atom. The van der Waals surface area contributed by atoms with Gasteiger partial charge < -0.3 is 28.4 Å². The third-order valence-corrected chi connectivity index (χ3v) is 6.23. The molecule has 0 aromatic carbocycles. The fourth-order valence-corrected chi connectivity index (χ4v) is 3.95. The second kappa shape index (κ2) is 32.7. The minimum atomic E-state index is -0.456. The molecular formula is C31H58O8. The summed E-state index contributed by atoms with van der Waals surface area (Å²) in [7, 11) is 0. The number of ether oxygens (including phenoxy) is 6. The van der Waals surface area contributed by atoms with Crippen LogP contribution >= 0.6 is 0 Å². The minimum absolute atomic E-state index is 0.136. The number of unbranched alkanes of at least 4 members (excludes halogenated alkanes) is 14. The molecule has 0 heterocycles. The Morgan fingerprint density at radius 2 is 0.821 bits per heavy atom. The van der Waals surface area contributed by atoms with Crippen molar-refractivity contribution in [1.29, 1.82) is 0 Å². The van der Waals surface area contributed by atoms with Gasteiger partial charge in [-0.15, -0.1) is 0 Å². The van der Waals surface area contributed by atoms with Crippen LogP contribution in [0, 0.1) is 0 Å². The topological polar surface area (TPSA) is 89.5 Å². The Morgan fingerprint density at radius 1 is 0.487 bits per heavy atom. The highest BCUT2D eigenvalue weighted by Crippen LogP contribution is 2.13. The van der Waals surface area contributed by atoms with Gasteiger partial charge in [0.2, 0.25) is 0 Å². The van der Waals surface area contributed by atoms with Gasteiger partial charge in [-0.3, -0.25) is 4.79 Å². The van der Waals surface area contributed by atoms with Crippen molar-refractivity contribution in [3.63, 3.8) is 0 Å². The SMILES string of the molecule is C=CC(=O)OCCOCCOCCOCCOCCOC(=O)CCCCCCCCCCCCCCCCC. The summed E-state index contributed by atoms with van der Waals surface area (Å²) < 4.78 is 31.5. The van der Waals surface area contributed by atoms with E-state index in [-0.39, 0.29) is 19.2 Å². The van der Waals surface area contributed by atoms with Crippen molar-refractivity contribution < 1.29 is 38.0 Å². The molecule has 0 amide bonds. The van der Waals surface area contributed by atoms with Crippen molar-refractivity contribution in [3.05, 3.63) is 12.7 Å². The molecule has 0 aromatic rings. The highest BCUT2D eigenvalue weighted by molar-refractivity contribution is 5.81. The monoisotopic (exact) mass is 558 g/mol. The van der Waals surface area contributed by atoms with Crippen LogP contribution in [0.25, 0.3) is 0 Å². The molecule has 39 heavy (non-hydrogen) atoms. The van der Waals surface area contributed by atoms with E-state index in [1.807, 2.05) is 0 Å². The fourth-order valence-electron chi connectivity index (χ4n) is 3.95. The first-order chi connectivity index (χ1) is 19.2. The average Bonchev–Trinajstić information content (AvgIpc) is 2.94. The fraction of sp³-hybridized carbons (Fsp3) is 0.871. The summed E-state index contributed by atoms with van der Waals surface area (Å²) in [5.74, 6) is -0.592. The molecule has 8 heteroatoms. The van der Waals surface area contributed by atoms with Crippen LogP contribution in [0.2, 0.25) is 0 Å². The Labute approximate surface area is 238 Å². The van der Waals surface area contributed by atoms with E-state index in [0.717, 1.165) is 18.9 Å². The van der Waals surface area contributed by atoms with Gasteiger partial charge in [-0.2, -0.15) is 0 Å². The maximum atomic E-state index is 11.8. The number of esters is 2. The predicted molar refractivity (Wildman–Crippen MR) is 155 cm³/mol. The Kier molecular flexibility index (Phi) is 31.5. The van der Waals surface area contributed by atoms with E-state index in [1.165, 1.54) is 83.5 Å². The molecule has 0 aliphatic rings. The summed E-state index contributed by atoms with van der Waals surface area (Å²) in [4.78, 5) is 22.6. The molecule has 0 fully saturated rings. The van der Waals surface area contributed by atoms with Crippen LogP contribution < -0.4 is 0 Å². The number of carbonyl (C=O) groups excluding carboxylic acids is 2. The van der Waals surface area contributed by atoms with Crippen molar-refractivity contribution in [3.8, 4) is 0 Å². The first-order valence-corrected chi connectivity index (χ1v) is 15.5. The molecule has 0 unspecified atom stereocenters. The molecule has 0 spiro atoms. The van der Waals surface area contributed by atoms with Gasteiger partial charge in [0.1, 0.15) is 13.2 Å². The van der Waals surface area contributed by atoms with Gasteiger partial charge in [-0.05, 0) is 6.42 Å². The number of rotatable bonds is 32. The van der Waals surface area contributed by atoms with E-state index in [2.05, 4.69) is 13.5 Å². The first-order valence-electron chi connectivity index (χ1n) is 15.5. The summed E-state index contributed by atoms with van der Waals surface area (Å²) >= 11 is 0. The lowest BCUT2D eigenvalue weighted by molar-refractivity contribution is -0.145. The van der Waals surface area contributed by atoms with E-state index >= 15 is 0 Å². The van der Waals surface area contributed by atoms with Gasteiger partial charge in [0.15, 0.2) is 0 Å². The van der Waals surface area contributed by atoms with E-state index in [4.69, 9.17) is 28.4 Å². The molecule has 0 aromatic heterocycles. The molecule has 0 N–H and O–H groups in total. The molecular weight excluding hydrogens is 500 g/mol. The second-order valence-corrected chi connectivity index (χ2v) is 9.74. The summed E-state index contributed by atoms with van der Waals surface area (Å²) in [6, 6.07) is 0. The van der Waals surface area contributed by atoms with E-state index in [1.54, 1.807) is 0 Å². The highest BCUT2D eigenvalue weighted by atomic mass is 16.6. The third-order valence-electron chi connectivity index (χ3n) is 6.23. The Balaban J connectivity index is 3.17. The molecule has 230 valence electrons. The van der Waals surface area contributed by atoms with Crippen molar-refractivity contribution in [2.75, 3.05) is 66.1 Å². The van der Waals surface area contributed by atoms with Gasteiger partial charge in [0.05, 0.1) is 52.9 Å². The minimum Gasteiger partial charge on any atom is -0.463 e. The van der Waals surface area contributed by atoms with Crippen LogP contribution in [0.1, 0.15) is 110 Å². The van der Waals surface area contributed by atoms with E-state index < -0.39 is 5.97 Å². The van der Waals surface area contributed by atoms with Gasteiger partial charge >= 0.3 is 11.9 Å². The summed E-state index contributed by atoms with van der Waals surface area (Å²) in [6.07, 6.45) is 21.3. The van der Waals surface area contributed by atoms with Crippen molar-refractivity contribution in [1.82, 2.24) is 0 Å². The molecule has 0 radical (unpaired) electrons. The lowest BCUT2D eigenvalue weighted by atomic mass is 10.0. The zero-order chi connectivity index (χ0) is 28.5. The van der Waals surface area contributed by atoms with Gasteiger partial charge in [0.25, 0.3) is 0 Å². The molecule has 0 saturated heterocycles. The first kappa shape index (κ1) is 37.5. The standard InChI is InChI=1S/C31H58O8/c1-3-5-6-7-8-9-10-11-12-13-14-15-16-17-18-19-31(33)39-29-27-37-25-23-35-21-20-34-22-24-36-26-28-38-30(32)4-2/h4H,2-3,5-29H2,1H3. The number of hydrogen-bond donors (Lipinski definition) is 0. The highest BCUT2D eigenvalue weighted by Gasteiger charge is 2.03. The van der Waals surface area contributed by atoms with Crippen LogP contribution in [0.5, 0.6) is 0 Å². The lowest BCUT2D eigenvalue weighted by Gasteiger charge is -2.08. The summed E-state index contributed by atoms with van der Waals surface area (Å²) in [5.41, 5.74) is 0. The molecule has 8 nitrogen and oxygen atoms in total. The van der Waals surface area contributed by atoms with Crippen molar-refractivity contribution in [2.24, 2.45) is 0 Å². The van der Waals surface area contributed by atoms with Crippen LogP contribution in [0.4, 0.5) is 0 Å². The molecule has 0 bridgehead atoms. The molecule has 0 aliphatic heterocycles. The molecule has 0 saturated carbocycles.